The Morgan fingerprint density at radius 2 is 1.94 bits per heavy atom. The molecule has 0 spiro atoms. The summed E-state index contributed by atoms with van der Waals surface area (Å²) in [5, 5.41) is 3.93. The number of nitrogens with zero attached hydrogens (tertiary/aromatic N) is 3. The van der Waals surface area contributed by atoms with Gasteiger partial charge in [-0.3, -0.25) is 4.68 Å². The molecule has 1 heterocycles. The maximum atomic E-state index is 12.4. The molecule has 0 amide bonds. The van der Waals surface area contributed by atoms with Crippen LogP contribution < -0.4 is 0 Å². The van der Waals surface area contributed by atoms with Gasteiger partial charge in [0.1, 0.15) is 4.90 Å². The van der Waals surface area contributed by atoms with E-state index in [1.807, 2.05) is 6.92 Å². The van der Waals surface area contributed by atoms with Crippen LogP contribution in [-0.4, -0.2) is 35.6 Å². The highest BCUT2D eigenvalue weighted by Gasteiger charge is 2.26. The van der Waals surface area contributed by atoms with Gasteiger partial charge < -0.3 is 0 Å². The summed E-state index contributed by atoms with van der Waals surface area (Å²) in [5.41, 5.74) is 0. The molecule has 1 aromatic heterocycles. The van der Waals surface area contributed by atoms with Crippen LogP contribution in [-0.2, 0) is 17.1 Å². The third kappa shape index (κ3) is 3.32. The second-order valence-electron chi connectivity index (χ2n) is 4.49. The number of hydrogen-bond donors (Lipinski definition) is 0. The molecule has 0 unspecified atom stereocenters. The van der Waals surface area contributed by atoms with Crippen LogP contribution in [0, 0.1) is 5.92 Å². The summed E-state index contributed by atoms with van der Waals surface area (Å²) in [6, 6.07) is 0. The lowest BCUT2D eigenvalue weighted by atomic mass is 10.0. The normalized spacial score (nSPS) is 12.6. The highest BCUT2D eigenvalue weighted by atomic mass is 32.2. The minimum absolute atomic E-state index is 0.276. The molecule has 0 bridgehead atoms. The van der Waals surface area contributed by atoms with Crippen LogP contribution in [0.15, 0.2) is 17.3 Å². The molecule has 104 valence electrons. The van der Waals surface area contributed by atoms with Crippen molar-refractivity contribution in [1.29, 1.82) is 0 Å². The molecule has 0 fully saturated rings. The van der Waals surface area contributed by atoms with Gasteiger partial charge in [-0.2, -0.15) is 9.40 Å². The topological polar surface area (TPSA) is 55.2 Å². The van der Waals surface area contributed by atoms with Gasteiger partial charge in [0, 0.05) is 26.3 Å². The summed E-state index contributed by atoms with van der Waals surface area (Å²) < 4.78 is 27.9. The minimum Gasteiger partial charge on any atom is -0.274 e. The largest absolute Gasteiger partial charge is 0.274 e. The minimum atomic E-state index is -3.40. The summed E-state index contributed by atoms with van der Waals surface area (Å²) in [6.07, 6.45) is 4.95. The van der Waals surface area contributed by atoms with Crippen molar-refractivity contribution in [2.45, 2.75) is 38.5 Å². The van der Waals surface area contributed by atoms with E-state index in [1.165, 1.54) is 10.9 Å². The smallest absolute Gasteiger partial charge is 0.246 e. The number of rotatable bonds is 7. The van der Waals surface area contributed by atoms with Crippen LogP contribution in [0.1, 0.15) is 33.6 Å². The molecule has 0 saturated heterocycles. The van der Waals surface area contributed by atoms with E-state index in [-0.39, 0.29) is 4.90 Å². The zero-order valence-corrected chi connectivity index (χ0v) is 12.4. The average molecular weight is 273 g/mol. The van der Waals surface area contributed by atoms with E-state index in [0.29, 0.717) is 19.0 Å². The molecule has 18 heavy (non-hydrogen) atoms. The molecule has 0 aliphatic carbocycles. The molecule has 1 aromatic rings. The van der Waals surface area contributed by atoms with Crippen molar-refractivity contribution in [2.24, 2.45) is 13.0 Å². The van der Waals surface area contributed by atoms with Crippen molar-refractivity contribution < 1.29 is 8.42 Å². The number of hydrogen-bond acceptors (Lipinski definition) is 3. The van der Waals surface area contributed by atoms with E-state index < -0.39 is 10.0 Å². The van der Waals surface area contributed by atoms with Gasteiger partial charge in [0.15, 0.2) is 0 Å². The molecule has 6 heteroatoms. The Kier molecular flexibility index (Phi) is 5.34. The summed E-state index contributed by atoms with van der Waals surface area (Å²) in [4.78, 5) is 0.276. The molecule has 0 aliphatic rings. The van der Waals surface area contributed by atoms with Gasteiger partial charge in [-0.25, -0.2) is 8.42 Å². The van der Waals surface area contributed by atoms with Gasteiger partial charge in [0.25, 0.3) is 0 Å². The van der Waals surface area contributed by atoms with E-state index in [9.17, 15) is 8.42 Å². The first-order valence-electron chi connectivity index (χ1n) is 6.44. The first-order chi connectivity index (χ1) is 8.45. The molecule has 1 rings (SSSR count). The lowest BCUT2D eigenvalue weighted by Crippen LogP contribution is -2.35. The van der Waals surface area contributed by atoms with Gasteiger partial charge in [0.05, 0.1) is 6.20 Å². The molecule has 0 N–H and O–H groups in total. The predicted octanol–water partition coefficient (Wildman–Crippen LogP) is 1.87. The van der Waals surface area contributed by atoms with Crippen molar-refractivity contribution in [2.75, 3.05) is 13.1 Å². The van der Waals surface area contributed by atoms with Gasteiger partial charge in [-0.05, 0) is 5.92 Å². The zero-order chi connectivity index (χ0) is 13.8. The van der Waals surface area contributed by atoms with Crippen LogP contribution in [0.2, 0.25) is 0 Å². The highest BCUT2D eigenvalue weighted by Crippen LogP contribution is 2.18. The van der Waals surface area contributed by atoms with Crippen molar-refractivity contribution in [3.8, 4) is 0 Å². The van der Waals surface area contributed by atoms with Gasteiger partial charge in [-0.1, -0.05) is 33.6 Å². The SMILES string of the molecule is CCC(CC)CN(CC)S(=O)(=O)c1cnn(C)c1. The lowest BCUT2D eigenvalue weighted by Gasteiger charge is -2.24. The maximum absolute atomic E-state index is 12.4. The molecule has 5 nitrogen and oxygen atoms in total. The van der Waals surface area contributed by atoms with Crippen molar-refractivity contribution in [3.63, 3.8) is 0 Å². The number of sulfonamides is 1. The Morgan fingerprint density at radius 3 is 2.33 bits per heavy atom. The molecule has 0 radical (unpaired) electrons. The van der Waals surface area contributed by atoms with Gasteiger partial charge in [-0.15, -0.1) is 0 Å². The average Bonchev–Trinajstić information content (AvgIpc) is 2.78. The second kappa shape index (κ2) is 6.33. The quantitative estimate of drug-likeness (QED) is 0.762. The molecule has 0 saturated carbocycles. The van der Waals surface area contributed by atoms with Crippen LogP contribution >= 0.6 is 0 Å². The third-order valence-corrected chi connectivity index (χ3v) is 5.18. The van der Waals surface area contributed by atoms with Crippen LogP contribution in [0.3, 0.4) is 0 Å². The Morgan fingerprint density at radius 1 is 1.33 bits per heavy atom. The third-order valence-electron chi connectivity index (χ3n) is 3.29. The number of aryl methyl sites for hydroxylation is 1. The van der Waals surface area contributed by atoms with Crippen LogP contribution in [0.4, 0.5) is 0 Å². The van der Waals surface area contributed by atoms with Crippen LogP contribution in [0.25, 0.3) is 0 Å². The highest BCUT2D eigenvalue weighted by molar-refractivity contribution is 7.89. The number of aromatic nitrogens is 2. The maximum Gasteiger partial charge on any atom is 0.246 e. The first kappa shape index (κ1) is 15.2. The lowest BCUT2D eigenvalue weighted by molar-refractivity contribution is 0.339. The van der Waals surface area contributed by atoms with Crippen molar-refractivity contribution in [1.82, 2.24) is 14.1 Å². The van der Waals surface area contributed by atoms with Crippen molar-refractivity contribution >= 4 is 10.0 Å². The fourth-order valence-electron chi connectivity index (χ4n) is 1.91. The van der Waals surface area contributed by atoms with E-state index >= 15 is 0 Å². The molecule has 0 atom stereocenters. The summed E-state index contributed by atoms with van der Waals surface area (Å²) in [7, 11) is -1.68. The zero-order valence-electron chi connectivity index (χ0n) is 11.6. The Bertz CT molecular complexity index is 463. The van der Waals surface area contributed by atoms with E-state index in [0.717, 1.165) is 12.8 Å². The molecule has 0 aliphatic heterocycles. The predicted molar refractivity (Wildman–Crippen MR) is 71.7 cm³/mol. The fourth-order valence-corrected chi connectivity index (χ4v) is 3.42. The van der Waals surface area contributed by atoms with Gasteiger partial charge in [0.2, 0.25) is 10.0 Å². The van der Waals surface area contributed by atoms with E-state index in [1.54, 1.807) is 17.5 Å². The fraction of sp³-hybridized carbons (Fsp3) is 0.750. The molecule has 0 aromatic carbocycles. The monoisotopic (exact) mass is 273 g/mol. The summed E-state index contributed by atoms with van der Waals surface area (Å²) in [5.74, 6) is 0.413. The Labute approximate surface area is 110 Å². The standard InChI is InChI=1S/C12H23N3O2S/c1-5-11(6-2)9-15(7-3)18(16,17)12-8-13-14(4)10-12/h8,10-11H,5-7,9H2,1-4H3. The van der Waals surface area contributed by atoms with E-state index in [4.69, 9.17) is 0 Å². The second-order valence-corrected chi connectivity index (χ2v) is 6.43. The first-order valence-corrected chi connectivity index (χ1v) is 7.88. The van der Waals surface area contributed by atoms with Crippen LogP contribution in [0.5, 0.6) is 0 Å². The van der Waals surface area contributed by atoms with E-state index in [2.05, 4.69) is 18.9 Å². The Balaban J connectivity index is 2.93. The van der Waals surface area contributed by atoms with Gasteiger partial charge >= 0.3 is 0 Å². The van der Waals surface area contributed by atoms with Crippen molar-refractivity contribution in [3.05, 3.63) is 12.4 Å². The Hall–Kier alpha value is -0.880. The summed E-state index contributed by atoms with van der Waals surface area (Å²) in [6.45, 7) is 7.14. The summed E-state index contributed by atoms with van der Waals surface area (Å²) >= 11 is 0. The molecular formula is C12H23N3O2S. The molecular weight excluding hydrogens is 250 g/mol.